The van der Waals surface area contributed by atoms with E-state index in [0.717, 1.165) is 10.6 Å². The summed E-state index contributed by atoms with van der Waals surface area (Å²) in [6, 6.07) is 2.60. The second-order valence-corrected chi connectivity index (χ2v) is 9.43. The Hall–Kier alpha value is -1.01. The number of sulfonamides is 1. The number of aromatic nitrogens is 2. The van der Waals surface area contributed by atoms with Gasteiger partial charge in [0.05, 0.1) is 10.9 Å². The van der Waals surface area contributed by atoms with E-state index in [1.807, 2.05) is 0 Å². The van der Waals surface area contributed by atoms with Crippen LogP contribution in [0, 0.1) is 5.92 Å². The van der Waals surface area contributed by atoms with Crippen molar-refractivity contribution in [3.63, 3.8) is 0 Å². The summed E-state index contributed by atoms with van der Waals surface area (Å²) in [4.78, 5) is 15.6. The van der Waals surface area contributed by atoms with Gasteiger partial charge in [0.15, 0.2) is 5.69 Å². The number of rotatable bonds is 4. The minimum absolute atomic E-state index is 0.0673. The summed E-state index contributed by atoms with van der Waals surface area (Å²) in [5.74, 6) is -2.83. The minimum atomic E-state index is -4.43. The molecule has 1 fully saturated rings. The van der Waals surface area contributed by atoms with Gasteiger partial charge >= 0.3 is 6.18 Å². The lowest BCUT2D eigenvalue weighted by Crippen LogP contribution is -2.31. The molecule has 0 spiro atoms. The first kappa shape index (κ1) is 21.7. The number of alkyl halides is 3. The molecule has 3 rings (SSSR count). The monoisotopic (exact) mass is 539 g/mol. The zero-order chi connectivity index (χ0) is 21.0. The predicted molar refractivity (Wildman–Crippen MR) is 99.3 cm³/mol. The van der Waals surface area contributed by atoms with E-state index in [9.17, 15) is 26.4 Å². The number of benzene rings is 1. The highest BCUT2D eigenvalue weighted by Crippen LogP contribution is 2.55. The number of halogens is 7. The molecule has 0 unspecified atom stereocenters. The number of hydrogen-bond donors (Lipinski definition) is 1. The lowest BCUT2D eigenvalue weighted by atomic mass is 10.4. The number of amides is 1. The third-order valence-corrected chi connectivity index (χ3v) is 7.02. The number of carbonyl (C=O) groups excluding carboxylic acids is 1. The topological polar surface area (TPSA) is 81.1 Å². The Balaban J connectivity index is 1.88. The van der Waals surface area contributed by atoms with Crippen molar-refractivity contribution in [1.29, 1.82) is 0 Å². The predicted octanol–water partition coefficient (Wildman–Crippen LogP) is 4.85. The zero-order valence-corrected chi connectivity index (χ0v) is 17.9. The molecule has 0 radical (unpaired) electrons. The van der Waals surface area contributed by atoms with Crippen LogP contribution in [-0.4, -0.2) is 30.1 Å². The number of imidazole rings is 1. The highest BCUT2D eigenvalue weighted by atomic mass is 79.9. The first-order chi connectivity index (χ1) is 12.8. The van der Waals surface area contributed by atoms with Crippen LogP contribution in [0.15, 0.2) is 27.7 Å². The molecule has 0 bridgehead atoms. The van der Waals surface area contributed by atoms with Crippen molar-refractivity contribution in [3.8, 4) is 0 Å². The van der Waals surface area contributed by atoms with Gasteiger partial charge in [0, 0.05) is 11.1 Å². The summed E-state index contributed by atoms with van der Waals surface area (Å²) in [6.07, 6.45) is -4.65. The fourth-order valence-electron chi connectivity index (χ4n) is 2.54. The van der Waals surface area contributed by atoms with E-state index in [1.54, 1.807) is 4.72 Å². The lowest BCUT2D eigenvalue weighted by Gasteiger charge is -2.09. The molecule has 14 heteroatoms. The van der Waals surface area contributed by atoms with Crippen LogP contribution in [0.3, 0.4) is 0 Å². The van der Waals surface area contributed by atoms with Gasteiger partial charge in [-0.2, -0.15) is 13.2 Å². The van der Waals surface area contributed by atoms with Gasteiger partial charge in [0.25, 0.3) is 15.9 Å². The SMILES string of the molecule is O=C(NS(=O)(=O)c1cc(Cl)ccc1Cl)c1nc(Cl)n([C@H]2C[C@@H]2C(F)(F)F)c1Br. The maximum atomic E-state index is 12.8. The molecule has 28 heavy (non-hydrogen) atoms. The van der Waals surface area contributed by atoms with Gasteiger partial charge in [0.2, 0.25) is 5.28 Å². The van der Waals surface area contributed by atoms with Gasteiger partial charge in [-0.05, 0) is 52.2 Å². The Bertz CT molecular complexity index is 1080. The van der Waals surface area contributed by atoms with Crippen molar-refractivity contribution >= 4 is 66.7 Å². The molecule has 0 aliphatic heterocycles. The zero-order valence-electron chi connectivity index (χ0n) is 13.3. The van der Waals surface area contributed by atoms with E-state index < -0.39 is 44.7 Å². The highest BCUT2D eigenvalue weighted by molar-refractivity contribution is 9.10. The number of carbonyl (C=O) groups is 1. The van der Waals surface area contributed by atoms with Gasteiger partial charge in [-0.3, -0.25) is 4.79 Å². The molecule has 1 heterocycles. The van der Waals surface area contributed by atoms with Crippen molar-refractivity contribution < 1.29 is 26.4 Å². The molecule has 6 nitrogen and oxygen atoms in total. The fourth-order valence-corrected chi connectivity index (χ4v) is 5.35. The van der Waals surface area contributed by atoms with Gasteiger partial charge in [-0.1, -0.05) is 23.2 Å². The Labute approximate surface area is 180 Å². The molecule has 2 aromatic rings. The van der Waals surface area contributed by atoms with Crippen molar-refractivity contribution in [2.24, 2.45) is 5.92 Å². The molecule has 1 aromatic carbocycles. The second kappa shape index (κ2) is 7.35. The van der Waals surface area contributed by atoms with E-state index >= 15 is 0 Å². The second-order valence-electron chi connectivity index (χ2n) is 5.85. The number of nitrogens with one attached hydrogen (secondary N) is 1. The van der Waals surface area contributed by atoms with Crippen LogP contribution in [0.25, 0.3) is 0 Å². The molecule has 1 saturated carbocycles. The van der Waals surface area contributed by atoms with Crippen LogP contribution in [0.1, 0.15) is 23.0 Å². The average Bonchev–Trinajstić information content (AvgIpc) is 3.29. The van der Waals surface area contributed by atoms with Crippen molar-refractivity contribution in [2.45, 2.75) is 23.5 Å². The van der Waals surface area contributed by atoms with Crippen LogP contribution < -0.4 is 4.72 Å². The van der Waals surface area contributed by atoms with E-state index in [1.165, 1.54) is 12.1 Å². The lowest BCUT2D eigenvalue weighted by molar-refractivity contribution is -0.150. The first-order valence-corrected chi connectivity index (χ1v) is 10.8. The fraction of sp³-hybridized carbons (Fsp3) is 0.286. The summed E-state index contributed by atoms with van der Waals surface area (Å²) in [5.41, 5.74) is -0.487. The van der Waals surface area contributed by atoms with Gasteiger partial charge in [-0.25, -0.2) is 18.1 Å². The van der Waals surface area contributed by atoms with Gasteiger partial charge < -0.3 is 4.57 Å². The summed E-state index contributed by atoms with van der Waals surface area (Å²) in [6.45, 7) is 0. The normalized spacial score (nSPS) is 19.5. The summed E-state index contributed by atoms with van der Waals surface area (Å²) in [7, 11) is -4.43. The van der Waals surface area contributed by atoms with Gasteiger partial charge in [-0.15, -0.1) is 0 Å². The molecule has 0 saturated heterocycles. The molecule has 1 amide bonds. The quantitative estimate of drug-likeness (QED) is 0.600. The molecule has 1 aliphatic rings. The Kier molecular flexibility index (Phi) is 5.69. The largest absolute Gasteiger partial charge is 0.393 e. The average molecular weight is 542 g/mol. The maximum Gasteiger partial charge on any atom is 0.393 e. The minimum Gasteiger partial charge on any atom is -0.305 e. The van der Waals surface area contributed by atoms with Crippen LogP contribution in [-0.2, 0) is 10.0 Å². The summed E-state index contributed by atoms with van der Waals surface area (Å²) >= 11 is 20.4. The smallest absolute Gasteiger partial charge is 0.305 e. The molecule has 152 valence electrons. The van der Waals surface area contributed by atoms with Crippen LogP contribution >= 0.6 is 50.7 Å². The Morgan fingerprint density at radius 1 is 1.29 bits per heavy atom. The Morgan fingerprint density at radius 3 is 2.50 bits per heavy atom. The number of nitrogens with zero attached hydrogens (tertiary/aromatic N) is 2. The van der Waals surface area contributed by atoms with Crippen LogP contribution in [0.4, 0.5) is 13.2 Å². The van der Waals surface area contributed by atoms with E-state index in [0.29, 0.717) is 0 Å². The van der Waals surface area contributed by atoms with E-state index in [4.69, 9.17) is 34.8 Å². The van der Waals surface area contributed by atoms with E-state index in [-0.39, 0.29) is 26.4 Å². The third kappa shape index (κ3) is 4.13. The van der Waals surface area contributed by atoms with E-state index in [2.05, 4.69) is 20.9 Å². The molecule has 1 N–H and O–H groups in total. The molecule has 2 atom stereocenters. The van der Waals surface area contributed by atoms with Crippen LogP contribution in [0.5, 0.6) is 0 Å². The van der Waals surface area contributed by atoms with Crippen molar-refractivity contribution in [3.05, 3.63) is 43.8 Å². The first-order valence-electron chi connectivity index (χ1n) is 7.35. The Morgan fingerprint density at radius 2 is 1.93 bits per heavy atom. The third-order valence-electron chi connectivity index (χ3n) is 3.94. The van der Waals surface area contributed by atoms with Crippen molar-refractivity contribution in [1.82, 2.24) is 14.3 Å². The maximum absolute atomic E-state index is 12.8. The highest BCUT2D eigenvalue weighted by Gasteiger charge is 2.57. The molecular formula is C14H8BrCl3F3N3O3S. The molecular weight excluding hydrogens is 533 g/mol. The number of hydrogen-bond acceptors (Lipinski definition) is 4. The van der Waals surface area contributed by atoms with Crippen molar-refractivity contribution in [2.75, 3.05) is 0 Å². The summed E-state index contributed by atoms with van der Waals surface area (Å²) in [5, 5.41) is -0.497. The molecule has 1 aliphatic carbocycles. The summed E-state index contributed by atoms with van der Waals surface area (Å²) < 4.78 is 65.8. The standard InChI is InChI=1S/C14H8BrCl3F3N3O3S/c15-11-10(22-13(18)24(11)8-4-6(8)14(19,20)21)12(25)23-28(26,27)9-3-5(16)1-2-7(9)17/h1-3,6,8H,4H2,(H,23,25)/t6-,8-/m0/s1. The van der Waals surface area contributed by atoms with Crippen LogP contribution in [0.2, 0.25) is 15.3 Å². The van der Waals surface area contributed by atoms with Gasteiger partial charge in [0.1, 0.15) is 9.50 Å². The molecule has 1 aromatic heterocycles.